The van der Waals surface area contributed by atoms with E-state index in [1.165, 1.54) is 0 Å². The fourth-order valence-electron chi connectivity index (χ4n) is 1.20. The van der Waals surface area contributed by atoms with Crippen LogP contribution in [0.2, 0.25) is 0 Å². The molecule has 0 saturated carbocycles. The number of pyridine rings is 1. The Balaban J connectivity index is 2.94. The van der Waals surface area contributed by atoms with Crippen molar-refractivity contribution in [2.45, 2.75) is 25.5 Å². The van der Waals surface area contributed by atoms with Crippen molar-refractivity contribution in [1.82, 2.24) is 4.98 Å². The van der Waals surface area contributed by atoms with E-state index in [1.807, 2.05) is 0 Å². The van der Waals surface area contributed by atoms with Gasteiger partial charge in [-0.3, -0.25) is 4.72 Å². The molecule has 0 radical (unpaired) electrons. The minimum absolute atomic E-state index is 0.244. The van der Waals surface area contributed by atoms with E-state index >= 15 is 0 Å². The zero-order valence-electron chi connectivity index (χ0n) is 9.14. The van der Waals surface area contributed by atoms with E-state index in [4.69, 9.17) is 5.26 Å². The third-order valence-electron chi connectivity index (χ3n) is 2.02. The van der Waals surface area contributed by atoms with E-state index < -0.39 is 15.3 Å². The normalized spacial score (nSPS) is 12.8. The number of sulfonamides is 1. The van der Waals surface area contributed by atoms with Gasteiger partial charge in [0.1, 0.15) is 5.82 Å². The van der Waals surface area contributed by atoms with Gasteiger partial charge in [-0.15, -0.1) is 0 Å². The van der Waals surface area contributed by atoms with Crippen LogP contribution in [0.15, 0.2) is 18.2 Å². The van der Waals surface area contributed by atoms with Crippen molar-refractivity contribution in [3.05, 3.63) is 23.9 Å². The van der Waals surface area contributed by atoms with Crippen LogP contribution in [0.25, 0.3) is 0 Å². The summed E-state index contributed by atoms with van der Waals surface area (Å²) in [7, 11) is -3.67. The highest BCUT2D eigenvalue weighted by atomic mass is 32.2. The molecule has 1 atom stereocenters. The van der Waals surface area contributed by atoms with Gasteiger partial charge in [-0.05, 0) is 25.5 Å². The minimum atomic E-state index is -3.67. The Bertz CT molecular complexity index is 505. The van der Waals surface area contributed by atoms with Crippen LogP contribution in [0, 0.1) is 18.3 Å². The Morgan fingerprint density at radius 2 is 2.25 bits per heavy atom. The lowest BCUT2D eigenvalue weighted by molar-refractivity contribution is 0.592. The largest absolute Gasteiger partial charge is 0.266 e. The van der Waals surface area contributed by atoms with Crippen LogP contribution < -0.4 is 4.72 Å². The van der Waals surface area contributed by atoms with Crippen LogP contribution in [-0.4, -0.2) is 18.7 Å². The zero-order valence-corrected chi connectivity index (χ0v) is 9.95. The molecule has 1 N–H and O–H groups in total. The molecular formula is C10H13N3O2S. The quantitative estimate of drug-likeness (QED) is 0.861. The summed E-state index contributed by atoms with van der Waals surface area (Å²) in [5, 5.41) is 7.66. The van der Waals surface area contributed by atoms with Gasteiger partial charge in [-0.1, -0.05) is 13.0 Å². The van der Waals surface area contributed by atoms with E-state index in [2.05, 4.69) is 9.71 Å². The predicted molar refractivity (Wildman–Crippen MR) is 61.2 cm³/mol. The van der Waals surface area contributed by atoms with Gasteiger partial charge in [0.15, 0.2) is 5.25 Å². The van der Waals surface area contributed by atoms with Crippen molar-refractivity contribution in [3.63, 3.8) is 0 Å². The summed E-state index contributed by atoms with van der Waals surface area (Å²) < 4.78 is 25.7. The standard InChI is InChI=1S/C10H13N3O2S/c1-3-9(7-11)16(14,15)13-10-6-4-5-8(2)12-10/h4-6,9H,3H2,1-2H3,(H,12,13). The van der Waals surface area contributed by atoms with Crippen LogP contribution in [0.1, 0.15) is 19.0 Å². The van der Waals surface area contributed by atoms with E-state index in [9.17, 15) is 8.42 Å². The van der Waals surface area contributed by atoms with Gasteiger partial charge < -0.3 is 0 Å². The SMILES string of the molecule is CCC(C#N)S(=O)(=O)Nc1cccc(C)n1. The first-order valence-corrected chi connectivity index (χ1v) is 6.39. The van der Waals surface area contributed by atoms with E-state index in [0.29, 0.717) is 5.69 Å². The monoisotopic (exact) mass is 239 g/mol. The molecule has 0 bridgehead atoms. The molecule has 0 amide bonds. The lowest BCUT2D eigenvalue weighted by Crippen LogP contribution is -2.26. The van der Waals surface area contributed by atoms with Crippen molar-refractivity contribution in [1.29, 1.82) is 5.26 Å². The number of rotatable bonds is 4. The second-order valence-corrected chi connectivity index (χ2v) is 5.20. The van der Waals surface area contributed by atoms with Gasteiger partial charge >= 0.3 is 0 Å². The first-order chi connectivity index (χ1) is 7.49. The van der Waals surface area contributed by atoms with Gasteiger partial charge in [0.05, 0.1) is 6.07 Å². The number of aryl methyl sites for hydroxylation is 1. The first kappa shape index (κ1) is 12.5. The van der Waals surface area contributed by atoms with Crippen LogP contribution in [-0.2, 0) is 10.0 Å². The van der Waals surface area contributed by atoms with Crippen molar-refractivity contribution in [2.24, 2.45) is 0 Å². The van der Waals surface area contributed by atoms with E-state index in [0.717, 1.165) is 0 Å². The fourth-order valence-corrected chi connectivity index (χ4v) is 2.32. The minimum Gasteiger partial charge on any atom is -0.266 e. The Morgan fingerprint density at radius 1 is 1.56 bits per heavy atom. The number of aromatic nitrogens is 1. The molecule has 0 aromatic carbocycles. The van der Waals surface area contributed by atoms with E-state index in [-0.39, 0.29) is 12.2 Å². The molecule has 1 aromatic heterocycles. The second kappa shape index (κ2) is 4.94. The molecule has 16 heavy (non-hydrogen) atoms. The maximum atomic E-state index is 11.7. The van der Waals surface area contributed by atoms with Crippen molar-refractivity contribution >= 4 is 15.8 Å². The first-order valence-electron chi connectivity index (χ1n) is 4.84. The highest BCUT2D eigenvalue weighted by Gasteiger charge is 2.23. The zero-order chi connectivity index (χ0) is 12.2. The number of hydrogen-bond acceptors (Lipinski definition) is 4. The molecule has 6 heteroatoms. The summed E-state index contributed by atoms with van der Waals surface area (Å²) >= 11 is 0. The third-order valence-corrected chi connectivity index (χ3v) is 3.71. The van der Waals surface area contributed by atoms with Gasteiger partial charge in [0.2, 0.25) is 10.0 Å². The smallest absolute Gasteiger partial charge is 0.250 e. The molecule has 1 rings (SSSR count). The molecule has 0 fully saturated rings. The maximum absolute atomic E-state index is 11.7. The lowest BCUT2D eigenvalue weighted by Gasteiger charge is -2.10. The Hall–Kier alpha value is -1.61. The molecule has 86 valence electrons. The molecule has 1 unspecified atom stereocenters. The number of hydrogen-bond donors (Lipinski definition) is 1. The van der Waals surface area contributed by atoms with Crippen LogP contribution in [0.5, 0.6) is 0 Å². The van der Waals surface area contributed by atoms with Gasteiger partial charge in [-0.25, -0.2) is 13.4 Å². The van der Waals surface area contributed by atoms with Crippen molar-refractivity contribution < 1.29 is 8.42 Å². The molecule has 0 aliphatic heterocycles. The summed E-state index contributed by atoms with van der Waals surface area (Å²) in [6.07, 6.45) is 0.248. The Kier molecular flexibility index (Phi) is 3.85. The van der Waals surface area contributed by atoms with E-state index in [1.54, 1.807) is 38.1 Å². The number of anilines is 1. The summed E-state index contributed by atoms with van der Waals surface area (Å²) in [6, 6.07) is 6.76. The molecule has 5 nitrogen and oxygen atoms in total. The number of nitrogens with zero attached hydrogens (tertiary/aromatic N) is 2. The third kappa shape index (κ3) is 2.94. The van der Waals surface area contributed by atoms with Gasteiger partial charge in [0, 0.05) is 5.69 Å². The second-order valence-electron chi connectivity index (χ2n) is 3.34. The molecule has 0 saturated heterocycles. The topological polar surface area (TPSA) is 82.8 Å². The molecule has 1 aromatic rings. The van der Waals surface area contributed by atoms with Gasteiger partial charge in [0.25, 0.3) is 0 Å². The molecule has 0 aliphatic rings. The summed E-state index contributed by atoms with van der Waals surface area (Å²) in [6.45, 7) is 3.41. The maximum Gasteiger partial charge on any atom is 0.250 e. The fraction of sp³-hybridized carbons (Fsp3) is 0.400. The Labute approximate surface area is 95.2 Å². The summed E-state index contributed by atoms with van der Waals surface area (Å²) in [4.78, 5) is 4.01. The highest BCUT2D eigenvalue weighted by Crippen LogP contribution is 2.11. The Morgan fingerprint density at radius 3 is 2.75 bits per heavy atom. The van der Waals surface area contributed by atoms with Crippen LogP contribution in [0.3, 0.4) is 0 Å². The molecule has 0 aliphatic carbocycles. The predicted octanol–water partition coefficient (Wildman–Crippen LogP) is 1.43. The molecule has 0 spiro atoms. The highest BCUT2D eigenvalue weighted by molar-refractivity contribution is 7.93. The summed E-state index contributed by atoms with van der Waals surface area (Å²) in [5.74, 6) is 0.244. The van der Waals surface area contributed by atoms with Crippen molar-refractivity contribution in [2.75, 3.05) is 4.72 Å². The number of nitriles is 1. The van der Waals surface area contributed by atoms with Crippen LogP contribution in [0.4, 0.5) is 5.82 Å². The molecule has 1 heterocycles. The average Bonchev–Trinajstić information content (AvgIpc) is 2.18. The number of nitrogens with one attached hydrogen (secondary N) is 1. The lowest BCUT2D eigenvalue weighted by atomic mass is 10.4. The summed E-state index contributed by atoms with van der Waals surface area (Å²) in [5.41, 5.74) is 0.713. The van der Waals surface area contributed by atoms with Gasteiger partial charge in [-0.2, -0.15) is 5.26 Å². The molecular weight excluding hydrogens is 226 g/mol. The average molecular weight is 239 g/mol. The van der Waals surface area contributed by atoms with Crippen molar-refractivity contribution in [3.8, 4) is 6.07 Å². The van der Waals surface area contributed by atoms with Crippen LogP contribution >= 0.6 is 0 Å².